The zero-order chi connectivity index (χ0) is 36.8. The molecule has 9 nitrogen and oxygen atoms in total. The standard InChI is InChI=1S/C43H68N2O7/c1-23-12-15-51-42(20-23,37-36(52-37)41(5,49)38(2,22-46)13-10-24-11-14-45-32(44)16-24)31-18-27-8-9-29-34-33-25(21-39(31,3)43(27,34)50)6-7-26-17-28(47)19-30(35(29)48)40(26,33)4/h23-28,30-33,36-37,45-47,49-50H,6-22,44H2,1-5H3. The van der Waals surface area contributed by atoms with Gasteiger partial charge in [0, 0.05) is 23.4 Å². The van der Waals surface area contributed by atoms with Gasteiger partial charge in [-0.05, 0) is 161 Å². The number of ketones is 1. The molecule has 9 rings (SSSR count). The van der Waals surface area contributed by atoms with Crippen molar-refractivity contribution < 1.29 is 34.7 Å². The molecule has 7 N–H and O–H groups in total. The highest BCUT2D eigenvalue weighted by Crippen LogP contribution is 2.78. The lowest BCUT2D eigenvalue weighted by Gasteiger charge is -2.69. The number of carbonyl (C=O) groups excluding carboxylic acids is 1. The summed E-state index contributed by atoms with van der Waals surface area (Å²) in [5.41, 5.74) is 3.65. The second kappa shape index (κ2) is 12.0. The maximum absolute atomic E-state index is 14.6. The number of ether oxygens (including phenoxy) is 2. The molecule has 0 radical (unpaired) electrons. The highest BCUT2D eigenvalue weighted by molar-refractivity contribution is 6.00. The van der Waals surface area contributed by atoms with Crippen LogP contribution in [0.2, 0.25) is 0 Å². The number of piperidine rings is 1. The number of aliphatic hydroxyl groups is 4. The minimum atomic E-state index is -1.29. The zero-order valence-electron chi connectivity index (χ0n) is 32.5. The van der Waals surface area contributed by atoms with E-state index >= 15 is 0 Å². The van der Waals surface area contributed by atoms with E-state index in [1.54, 1.807) is 0 Å². The van der Waals surface area contributed by atoms with E-state index in [0.717, 1.165) is 94.7 Å². The monoisotopic (exact) mass is 725 g/mol. The molecule has 0 spiro atoms. The van der Waals surface area contributed by atoms with Gasteiger partial charge in [0.05, 0.1) is 30.1 Å². The number of nitrogens with two attached hydrogens (primary N) is 1. The van der Waals surface area contributed by atoms with E-state index in [-0.39, 0.29) is 53.7 Å². The molecule has 0 bridgehead atoms. The minimum Gasteiger partial charge on any atom is -0.396 e. The first-order valence-electron chi connectivity index (χ1n) is 21.3. The average molecular weight is 725 g/mol. The van der Waals surface area contributed by atoms with E-state index in [2.05, 4.69) is 26.1 Å². The fraction of sp³-hybridized carbons (Fsp3) is 0.930. The van der Waals surface area contributed by atoms with Gasteiger partial charge in [-0.3, -0.25) is 4.79 Å². The van der Waals surface area contributed by atoms with E-state index in [1.165, 1.54) is 0 Å². The zero-order valence-corrected chi connectivity index (χ0v) is 32.5. The summed E-state index contributed by atoms with van der Waals surface area (Å²) in [7, 11) is 0. The predicted molar refractivity (Wildman–Crippen MR) is 197 cm³/mol. The Morgan fingerprint density at radius 1 is 1.02 bits per heavy atom. The van der Waals surface area contributed by atoms with E-state index in [1.807, 2.05) is 13.8 Å². The molecule has 6 aliphatic carbocycles. The Kier molecular flexibility index (Phi) is 8.51. The summed E-state index contributed by atoms with van der Waals surface area (Å²) in [6.07, 6.45) is 10.7. The predicted octanol–water partition coefficient (Wildman–Crippen LogP) is 4.62. The molecule has 7 fully saturated rings. The molecule has 52 heavy (non-hydrogen) atoms. The average Bonchev–Trinajstić information content (AvgIpc) is 3.88. The molecule has 3 saturated heterocycles. The SMILES string of the molecule is CC1CCOC(C2OC2C(C)(O)C(C)(CO)CCC2CCNC(N)C2)(C2CC3CCC4=C5C6C(CCC7CC(O)CC(C4=O)C76C)CC2(C)C53O)C1. The molecule has 9 aliphatic rings. The van der Waals surface area contributed by atoms with Crippen molar-refractivity contribution in [2.24, 2.45) is 69.3 Å². The lowest BCUT2D eigenvalue weighted by molar-refractivity contribution is -0.216. The Hall–Kier alpha value is -0.910. The third-order valence-electron chi connectivity index (χ3n) is 18.6. The van der Waals surface area contributed by atoms with Crippen LogP contribution in [-0.4, -0.2) is 87.2 Å². The lowest BCUT2D eigenvalue weighted by Crippen LogP contribution is -2.69. The van der Waals surface area contributed by atoms with Gasteiger partial charge < -0.3 is 41.0 Å². The van der Waals surface area contributed by atoms with Crippen LogP contribution in [0, 0.1) is 63.6 Å². The highest BCUT2D eigenvalue weighted by Gasteiger charge is 2.79. The van der Waals surface area contributed by atoms with Gasteiger partial charge in [0.2, 0.25) is 0 Å². The Bertz CT molecular complexity index is 1500. The Morgan fingerprint density at radius 3 is 2.54 bits per heavy atom. The van der Waals surface area contributed by atoms with Gasteiger partial charge in [-0.15, -0.1) is 0 Å². The van der Waals surface area contributed by atoms with Crippen LogP contribution >= 0.6 is 0 Å². The maximum atomic E-state index is 14.6. The number of carbonyl (C=O) groups is 1. The topological polar surface area (TPSA) is 158 Å². The third kappa shape index (κ3) is 4.72. The fourth-order valence-electron chi connectivity index (χ4n) is 15.5. The van der Waals surface area contributed by atoms with Crippen LogP contribution in [0.4, 0.5) is 0 Å². The van der Waals surface area contributed by atoms with Crippen LogP contribution in [0.1, 0.15) is 125 Å². The quantitative estimate of drug-likeness (QED) is 0.197. The van der Waals surface area contributed by atoms with Gasteiger partial charge >= 0.3 is 0 Å². The summed E-state index contributed by atoms with van der Waals surface area (Å²) in [6, 6.07) is 0. The normalized spacial score (nSPS) is 54.6. The third-order valence-corrected chi connectivity index (χ3v) is 18.6. The lowest BCUT2D eigenvalue weighted by atomic mass is 9.36. The molecule has 3 aliphatic heterocycles. The second-order valence-electron chi connectivity index (χ2n) is 21.0. The van der Waals surface area contributed by atoms with Gasteiger partial charge in [0.25, 0.3) is 0 Å². The van der Waals surface area contributed by atoms with Gasteiger partial charge in [-0.1, -0.05) is 27.7 Å². The van der Waals surface area contributed by atoms with Crippen molar-refractivity contribution in [3.05, 3.63) is 11.1 Å². The molecule has 0 amide bonds. The molecule has 3 heterocycles. The van der Waals surface area contributed by atoms with Gasteiger partial charge in [-0.25, -0.2) is 0 Å². The summed E-state index contributed by atoms with van der Waals surface area (Å²) < 4.78 is 13.9. The molecule has 0 aromatic rings. The maximum Gasteiger partial charge on any atom is 0.162 e. The van der Waals surface area contributed by atoms with Crippen molar-refractivity contribution in [1.29, 1.82) is 0 Å². The van der Waals surface area contributed by atoms with Crippen molar-refractivity contribution in [3.8, 4) is 0 Å². The highest BCUT2D eigenvalue weighted by atomic mass is 16.6. The van der Waals surface area contributed by atoms with Gasteiger partial charge in [0.1, 0.15) is 17.8 Å². The molecule has 0 aromatic carbocycles. The minimum absolute atomic E-state index is 0.000470. The summed E-state index contributed by atoms with van der Waals surface area (Å²) in [5, 5.41) is 51.5. The van der Waals surface area contributed by atoms with E-state index in [4.69, 9.17) is 15.2 Å². The molecule has 292 valence electrons. The number of rotatable bonds is 8. The van der Waals surface area contributed by atoms with E-state index < -0.39 is 39.8 Å². The van der Waals surface area contributed by atoms with Crippen LogP contribution < -0.4 is 11.1 Å². The van der Waals surface area contributed by atoms with Crippen LogP contribution in [0.15, 0.2) is 11.1 Å². The summed E-state index contributed by atoms with van der Waals surface area (Å²) in [4.78, 5) is 14.6. The number of hydrogen-bond donors (Lipinski definition) is 6. The number of hydrogen-bond acceptors (Lipinski definition) is 9. The first-order chi connectivity index (χ1) is 24.5. The number of allylic oxidation sites excluding steroid dienone is 1. The molecule has 18 atom stereocenters. The van der Waals surface area contributed by atoms with Crippen molar-refractivity contribution in [3.63, 3.8) is 0 Å². The van der Waals surface area contributed by atoms with Crippen LogP contribution in [0.5, 0.6) is 0 Å². The van der Waals surface area contributed by atoms with Crippen molar-refractivity contribution >= 4 is 5.78 Å². The molecule has 0 aromatic heterocycles. The van der Waals surface area contributed by atoms with E-state index in [0.29, 0.717) is 43.1 Å². The Morgan fingerprint density at radius 2 is 1.81 bits per heavy atom. The molecule has 9 heteroatoms. The fourth-order valence-corrected chi connectivity index (χ4v) is 15.5. The van der Waals surface area contributed by atoms with Crippen molar-refractivity contribution in [1.82, 2.24) is 5.32 Å². The Balaban J connectivity index is 1.08. The molecular weight excluding hydrogens is 656 g/mol. The first kappa shape index (κ1) is 36.7. The molecule has 18 unspecified atom stereocenters. The number of aliphatic hydroxyl groups excluding tert-OH is 2. The van der Waals surface area contributed by atoms with Crippen molar-refractivity contribution in [2.75, 3.05) is 19.8 Å². The summed E-state index contributed by atoms with van der Waals surface area (Å²) in [5.74, 6) is 1.82. The smallest absolute Gasteiger partial charge is 0.162 e. The summed E-state index contributed by atoms with van der Waals surface area (Å²) in [6.45, 7) is 12.3. The number of Topliss-reactive ketones (excluding diaryl/α,β-unsaturated/α-hetero) is 1. The molecular formula is C43H68N2O7. The van der Waals surface area contributed by atoms with Gasteiger partial charge in [0.15, 0.2) is 5.78 Å². The first-order valence-corrected chi connectivity index (χ1v) is 21.3. The van der Waals surface area contributed by atoms with Crippen LogP contribution in [0.25, 0.3) is 0 Å². The molecule has 4 saturated carbocycles. The summed E-state index contributed by atoms with van der Waals surface area (Å²) >= 11 is 0. The Labute approximate surface area is 311 Å². The largest absolute Gasteiger partial charge is 0.396 e. The van der Waals surface area contributed by atoms with Gasteiger partial charge in [-0.2, -0.15) is 0 Å². The van der Waals surface area contributed by atoms with Crippen LogP contribution in [0.3, 0.4) is 0 Å². The van der Waals surface area contributed by atoms with Crippen LogP contribution in [-0.2, 0) is 14.3 Å². The number of nitrogens with one attached hydrogen (secondary N) is 1. The van der Waals surface area contributed by atoms with E-state index in [9.17, 15) is 25.2 Å². The van der Waals surface area contributed by atoms with Crippen molar-refractivity contribution in [2.45, 2.75) is 166 Å². The second-order valence-corrected chi connectivity index (χ2v) is 21.0. The number of epoxide rings is 1.